The van der Waals surface area contributed by atoms with Crippen molar-refractivity contribution in [3.8, 4) is 5.75 Å². The normalized spacial score (nSPS) is 12.0. The van der Waals surface area contributed by atoms with E-state index in [9.17, 15) is 9.59 Å². The summed E-state index contributed by atoms with van der Waals surface area (Å²) >= 11 is 5.94. The number of fused-ring (bicyclic) bond motifs is 1. The van der Waals surface area contributed by atoms with Crippen LogP contribution in [0.3, 0.4) is 0 Å². The van der Waals surface area contributed by atoms with Crippen LogP contribution in [-0.4, -0.2) is 29.7 Å². The molecule has 0 radical (unpaired) electrons. The predicted octanol–water partition coefficient (Wildman–Crippen LogP) is 4.19. The maximum Gasteiger partial charge on any atom is 0.340 e. The van der Waals surface area contributed by atoms with Gasteiger partial charge in [0.05, 0.1) is 18.2 Å². The fourth-order valence-electron chi connectivity index (χ4n) is 2.63. The number of hydrogen-bond donors (Lipinski definition) is 0. The molecule has 1 aromatic heterocycles. The van der Waals surface area contributed by atoms with Gasteiger partial charge in [-0.3, -0.25) is 9.36 Å². The number of nitrogens with zero attached hydrogens (tertiary/aromatic N) is 1. The van der Waals surface area contributed by atoms with Gasteiger partial charge in [0.25, 0.3) is 5.91 Å². The van der Waals surface area contributed by atoms with Gasteiger partial charge in [0.2, 0.25) is 0 Å². The first-order valence-corrected chi connectivity index (χ1v) is 8.04. The minimum absolute atomic E-state index is 0.300. The van der Waals surface area contributed by atoms with Crippen molar-refractivity contribution in [3.63, 3.8) is 0 Å². The molecule has 128 valence electrons. The number of esters is 1. The highest BCUT2D eigenvalue weighted by molar-refractivity contribution is 6.30. The lowest BCUT2D eigenvalue weighted by Crippen LogP contribution is -2.28. The lowest BCUT2D eigenvalue weighted by atomic mass is 10.2. The summed E-state index contributed by atoms with van der Waals surface area (Å²) in [4.78, 5) is 24.8. The van der Waals surface area contributed by atoms with Crippen LogP contribution >= 0.6 is 11.6 Å². The Morgan fingerprint density at radius 2 is 1.88 bits per heavy atom. The molecule has 3 aromatic rings. The molecular weight excluding hydrogens is 342 g/mol. The van der Waals surface area contributed by atoms with Crippen molar-refractivity contribution in [2.24, 2.45) is 0 Å². The summed E-state index contributed by atoms with van der Waals surface area (Å²) in [7, 11) is 1.31. The van der Waals surface area contributed by atoms with Crippen molar-refractivity contribution < 1.29 is 19.1 Å². The zero-order valence-electron chi connectivity index (χ0n) is 13.7. The van der Waals surface area contributed by atoms with Gasteiger partial charge in [0.1, 0.15) is 5.75 Å². The molecular formula is C19H16ClNO4. The molecule has 0 aliphatic carbocycles. The van der Waals surface area contributed by atoms with Crippen LogP contribution in [0, 0.1) is 0 Å². The third-order valence-corrected chi connectivity index (χ3v) is 4.05. The molecule has 6 heteroatoms. The number of carbonyl (C=O) groups is 2. The van der Waals surface area contributed by atoms with Gasteiger partial charge in [-0.2, -0.15) is 0 Å². The molecule has 0 saturated carbocycles. The van der Waals surface area contributed by atoms with Crippen LogP contribution in [0.25, 0.3) is 10.9 Å². The van der Waals surface area contributed by atoms with Crippen LogP contribution in [-0.2, 0) is 4.74 Å². The molecule has 0 aliphatic rings. The van der Waals surface area contributed by atoms with Crippen molar-refractivity contribution in [2.45, 2.75) is 13.0 Å². The molecule has 1 unspecified atom stereocenters. The van der Waals surface area contributed by atoms with Gasteiger partial charge in [-0.25, -0.2) is 4.79 Å². The van der Waals surface area contributed by atoms with Gasteiger partial charge in [0, 0.05) is 16.6 Å². The lowest BCUT2D eigenvalue weighted by molar-refractivity contribution is 0.0602. The summed E-state index contributed by atoms with van der Waals surface area (Å²) in [6.07, 6.45) is 0.719. The molecule has 0 fully saturated rings. The van der Waals surface area contributed by atoms with E-state index in [1.54, 1.807) is 55.5 Å². The Kier molecular flexibility index (Phi) is 4.76. The molecule has 1 heterocycles. The second-order valence-corrected chi connectivity index (χ2v) is 5.91. The first-order valence-electron chi connectivity index (χ1n) is 7.66. The molecule has 5 nitrogen and oxygen atoms in total. The topological polar surface area (TPSA) is 57.5 Å². The molecule has 0 amide bonds. The highest BCUT2D eigenvalue weighted by atomic mass is 35.5. The second kappa shape index (κ2) is 6.99. The van der Waals surface area contributed by atoms with Crippen LogP contribution in [0.2, 0.25) is 5.02 Å². The number of aromatic nitrogens is 1. The summed E-state index contributed by atoms with van der Waals surface area (Å²) in [6, 6.07) is 14.0. The minimum Gasteiger partial charge on any atom is -0.481 e. The van der Waals surface area contributed by atoms with Gasteiger partial charge in [-0.1, -0.05) is 35.9 Å². The zero-order chi connectivity index (χ0) is 18.0. The van der Waals surface area contributed by atoms with Crippen LogP contribution in [0.1, 0.15) is 22.1 Å². The van der Waals surface area contributed by atoms with Crippen molar-refractivity contribution >= 4 is 34.4 Å². The average Bonchev–Trinajstić information content (AvgIpc) is 3.00. The minimum atomic E-state index is -0.764. The van der Waals surface area contributed by atoms with E-state index in [1.807, 2.05) is 0 Å². The fraction of sp³-hybridized carbons (Fsp3) is 0.158. The fourth-order valence-corrected chi connectivity index (χ4v) is 2.81. The van der Waals surface area contributed by atoms with E-state index in [-0.39, 0.29) is 5.91 Å². The number of rotatable bonds is 4. The van der Waals surface area contributed by atoms with E-state index in [1.165, 1.54) is 17.9 Å². The summed E-state index contributed by atoms with van der Waals surface area (Å²) in [5.74, 6) is -0.296. The summed E-state index contributed by atoms with van der Waals surface area (Å²) in [5, 5.41) is 1.18. The Bertz CT molecular complexity index is 948. The Morgan fingerprint density at radius 1 is 1.12 bits per heavy atom. The number of benzene rings is 2. The van der Waals surface area contributed by atoms with E-state index < -0.39 is 12.1 Å². The average molecular weight is 358 g/mol. The SMILES string of the molecule is COC(=O)c1cn(C(=O)C(C)Oc2cccc(Cl)c2)c2ccccc12. The Hall–Kier alpha value is -2.79. The number of methoxy groups -OCH3 is 1. The molecule has 0 bridgehead atoms. The van der Waals surface area contributed by atoms with E-state index >= 15 is 0 Å². The van der Waals surface area contributed by atoms with Crippen LogP contribution in [0.15, 0.2) is 54.7 Å². The summed E-state index contributed by atoms with van der Waals surface area (Å²) < 4.78 is 11.9. The standard InChI is InChI=1S/C19H16ClNO4/c1-12(25-14-7-5-6-13(20)10-14)18(22)21-11-16(19(23)24-2)15-8-3-4-9-17(15)21/h3-12H,1-2H3. The monoisotopic (exact) mass is 357 g/mol. The van der Waals surface area contributed by atoms with Gasteiger partial charge < -0.3 is 9.47 Å². The molecule has 0 spiro atoms. The number of carbonyl (C=O) groups excluding carboxylic acids is 2. The molecule has 25 heavy (non-hydrogen) atoms. The molecule has 0 N–H and O–H groups in total. The number of ether oxygens (including phenoxy) is 2. The molecule has 2 aromatic carbocycles. The predicted molar refractivity (Wildman–Crippen MR) is 95.4 cm³/mol. The van der Waals surface area contributed by atoms with Crippen LogP contribution in [0.5, 0.6) is 5.75 Å². The third-order valence-electron chi connectivity index (χ3n) is 3.81. The third kappa shape index (κ3) is 3.37. The van der Waals surface area contributed by atoms with E-state index in [2.05, 4.69) is 0 Å². The van der Waals surface area contributed by atoms with Gasteiger partial charge in [0.15, 0.2) is 6.10 Å². The van der Waals surface area contributed by atoms with E-state index in [0.717, 1.165) is 0 Å². The Labute approximate surface area is 149 Å². The number of halogens is 1. The van der Waals surface area contributed by atoms with Crippen LogP contribution in [0.4, 0.5) is 0 Å². The first kappa shape index (κ1) is 17.0. The molecule has 0 aliphatic heterocycles. The Balaban J connectivity index is 1.95. The van der Waals surface area contributed by atoms with Crippen molar-refractivity contribution in [2.75, 3.05) is 7.11 Å². The molecule has 0 saturated heterocycles. The number of para-hydroxylation sites is 1. The maximum absolute atomic E-state index is 12.8. The summed E-state index contributed by atoms with van der Waals surface area (Å²) in [6.45, 7) is 1.65. The van der Waals surface area contributed by atoms with Crippen molar-refractivity contribution in [1.82, 2.24) is 4.57 Å². The molecule has 3 rings (SSSR count). The van der Waals surface area contributed by atoms with E-state index in [0.29, 0.717) is 27.2 Å². The van der Waals surface area contributed by atoms with Crippen molar-refractivity contribution in [3.05, 3.63) is 65.3 Å². The lowest BCUT2D eigenvalue weighted by Gasteiger charge is -2.15. The highest BCUT2D eigenvalue weighted by Crippen LogP contribution is 2.24. The van der Waals surface area contributed by atoms with Crippen LogP contribution < -0.4 is 4.74 Å². The van der Waals surface area contributed by atoms with E-state index in [4.69, 9.17) is 21.1 Å². The quantitative estimate of drug-likeness (QED) is 0.657. The molecule has 1 atom stereocenters. The van der Waals surface area contributed by atoms with Gasteiger partial charge in [-0.15, -0.1) is 0 Å². The highest BCUT2D eigenvalue weighted by Gasteiger charge is 2.23. The van der Waals surface area contributed by atoms with Gasteiger partial charge >= 0.3 is 5.97 Å². The Morgan fingerprint density at radius 3 is 2.60 bits per heavy atom. The zero-order valence-corrected chi connectivity index (χ0v) is 14.5. The van der Waals surface area contributed by atoms with Gasteiger partial charge in [-0.05, 0) is 31.2 Å². The summed E-state index contributed by atoms with van der Waals surface area (Å²) in [5.41, 5.74) is 0.954. The first-order chi connectivity index (χ1) is 12.0. The smallest absolute Gasteiger partial charge is 0.340 e. The maximum atomic E-state index is 12.8. The van der Waals surface area contributed by atoms with Crippen molar-refractivity contribution in [1.29, 1.82) is 0 Å². The number of hydrogen-bond acceptors (Lipinski definition) is 4. The second-order valence-electron chi connectivity index (χ2n) is 5.48. The largest absolute Gasteiger partial charge is 0.481 e.